The zero-order valence-electron chi connectivity index (χ0n) is 26.8. The molecule has 49 heavy (non-hydrogen) atoms. The third kappa shape index (κ3) is 4.92. The minimum Gasteiger partial charge on any atom is -0.461 e. The Bertz CT molecular complexity index is 2340. The molecular weight excluding hydrogens is 649 g/mol. The number of aromatic amines is 1. The highest BCUT2D eigenvalue weighted by atomic mass is 32.1. The van der Waals surface area contributed by atoms with Crippen LogP contribution in [0.5, 0.6) is 6.01 Å². The van der Waals surface area contributed by atoms with E-state index in [1.54, 1.807) is 25.4 Å². The molecule has 3 aliphatic heterocycles. The van der Waals surface area contributed by atoms with Gasteiger partial charge < -0.3 is 19.5 Å². The number of thiophene rings is 1. The number of hydrogen-bond donors (Lipinski definition) is 2. The molecule has 0 unspecified atom stereocenters. The Hall–Kier alpha value is -4.48. The zero-order chi connectivity index (χ0) is 33.5. The minimum absolute atomic E-state index is 0.154. The predicted octanol–water partition coefficient (Wildman–Crippen LogP) is 5.60. The number of terminal acetylenes is 1. The molecule has 10 nitrogen and oxygen atoms in total. The second kappa shape index (κ2) is 11.3. The van der Waals surface area contributed by atoms with Gasteiger partial charge >= 0.3 is 6.01 Å². The van der Waals surface area contributed by atoms with Crippen LogP contribution in [0.3, 0.4) is 0 Å². The number of pyridine rings is 1. The topological polar surface area (TPSA) is 113 Å². The summed E-state index contributed by atoms with van der Waals surface area (Å²) in [6.45, 7) is 4.66. The number of aromatic nitrogens is 5. The van der Waals surface area contributed by atoms with Crippen LogP contribution in [0.15, 0.2) is 36.7 Å². The molecule has 0 bridgehead atoms. The third-order valence-corrected chi connectivity index (χ3v) is 11.4. The summed E-state index contributed by atoms with van der Waals surface area (Å²) in [4.78, 5) is 19.7. The lowest BCUT2D eigenvalue weighted by molar-refractivity contribution is -0.0123. The van der Waals surface area contributed by atoms with Crippen molar-refractivity contribution in [1.82, 2.24) is 30.0 Å². The van der Waals surface area contributed by atoms with Gasteiger partial charge in [0.15, 0.2) is 0 Å². The maximum absolute atomic E-state index is 15.2. The van der Waals surface area contributed by atoms with Crippen LogP contribution in [0.4, 0.5) is 14.6 Å². The van der Waals surface area contributed by atoms with Crippen LogP contribution >= 0.6 is 11.3 Å². The SMILES string of the molecule is C#Cc1c(F)ccc2cc3[nH]ncc3c(-c3nccc4c3sc3nc(OC[C@@]56CCCN5C[C@H](F)C6)nc(N5CCOC[C@@](C)(O)C5)c34)c12. The molecule has 3 fully saturated rings. The summed E-state index contributed by atoms with van der Waals surface area (Å²) in [6.07, 6.45) is 10.7. The molecule has 13 heteroatoms. The van der Waals surface area contributed by atoms with Gasteiger partial charge in [0.25, 0.3) is 0 Å². The van der Waals surface area contributed by atoms with Gasteiger partial charge in [-0.2, -0.15) is 15.1 Å². The number of alkyl halides is 1. The van der Waals surface area contributed by atoms with Crippen LogP contribution in [0.1, 0.15) is 31.7 Å². The summed E-state index contributed by atoms with van der Waals surface area (Å²) < 4.78 is 42.8. The summed E-state index contributed by atoms with van der Waals surface area (Å²) in [6, 6.07) is 7.11. The van der Waals surface area contributed by atoms with Crippen molar-refractivity contribution in [2.24, 2.45) is 0 Å². The van der Waals surface area contributed by atoms with Crippen molar-refractivity contribution < 1.29 is 23.4 Å². The second-order valence-electron chi connectivity index (χ2n) is 13.7. The number of hydrogen-bond acceptors (Lipinski definition) is 10. The molecule has 4 aromatic heterocycles. The van der Waals surface area contributed by atoms with Crippen LogP contribution in [-0.4, -0.2) is 98.5 Å². The number of nitrogens with zero attached hydrogens (tertiary/aromatic N) is 6. The lowest BCUT2D eigenvalue weighted by Crippen LogP contribution is -2.43. The van der Waals surface area contributed by atoms with Gasteiger partial charge in [0.2, 0.25) is 0 Å². The standard InChI is InChI=1S/C36H33F2N7O3S/c1-3-22-25(38)6-5-20-13-26-24(15-40-43-26)28(27(20)22)30-31-23(7-9-39-30)29-32(44-11-12-47-18-35(2,46)17-44)41-34(42-33(29)49-31)48-19-36-8-4-10-45(36)16-21(37)14-36/h1,5-7,9,13,15,21,46H,4,8,10-12,14,16-19H2,2H3,(H,40,43)/t21-,35+,36+/m1/s1. The molecule has 0 aliphatic carbocycles. The Balaban J connectivity index is 1.26. The highest BCUT2D eigenvalue weighted by molar-refractivity contribution is 7.26. The maximum Gasteiger partial charge on any atom is 0.319 e. The van der Waals surface area contributed by atoms with E-state index in [0.717, 1.165) is 51.1 Å². The number of anilines is 1. The fourth-order valence-corrected chi connectivity index (χ4v) is 9.28. The molecule has 6 aromatic rings. The van der Waals surface area contributed by atoms with E-state index in [0.29, 0.717) is 53.4 Å². The first kappa shape index (κ1) is 30.6. The molecule has 3 saturated heterocycles. The van der Waals surface area contributed by atoms with Crippen LogP contribution < -0.4 is 9.64 Å². The Kier molecular flexibility index (Phi) is 7.04. The van der Waals surface area contributed by atoms with Gasteiger partial charge in [0.1, 0.15) is 34.8 Å². The Morgan fingerprint density at radius 1 is 1.22 bits per heavy atom. The highest BCUT2D eigenvalue weighted by Gasteiger charge is 2.49. The molecule has 0 spiro atoms. The van der Waals surface area contributed by atoms with Gasteiger partial charge in [0.05, 0.1) is 58.4 Å². The Labute approximate surface area is 284 Å². The fourth-order valence-electron chi connectivity index (χ4n) is 8.13. The first-order chi connectivity index (χ1) is 23.7. The molecule has 3 atom stereocenters. The number of halogens is 2. The normalized spacial score (nSPS) is 24.6. The summed E-state index contributed by atoms with van der Waals surface area (Å²) in [5.41, 5.74) is 0.708. The number of benzene rings is 2. The lowest BCUT2D eigenvalue weighted by atomic mass is 9.93. The number of fused-ring (bicyclic) bond motifs is 6. The van der Waals surface area contributed by atoms with E-state index >= 15 is 4.39 Å². The van der Waals surface area contributed by atoms with E-state index in [2.05, 4.69) is 21.0 Å². The van der Waals surface area contributed by atoms with E-state index in [1.165, 1.54) is 17.4 Å². The van der Waals surface area contributed by atoms with Crippen molar-refractivity contribution in [2.75, 3.05) is 50.9 Å². The van der Waals surface area contributed by atoms with Gasteiger partial charge in [-0.05, 0) is 49.9 Å². The number of β-amino-alcohol motifs (C(OH)–C–C–N with tert-alkyl or cyclic N) is 1. The van der Waals surface area contributed by atoms with E-state index in [-0.39, 0.29) is 36.9 Å². The van der Waals surface area contributed by atoms with Crippen LogP contribution in [0.25, 0.3) is 53.2 Å². The average Bonchev–Trinajstić information content (AvgIpc) is 3.83. The first-order valence-electron chi connectivity index (χ1n) is 16.5. The van der Waals surface area contributed by atoms with Gasteiger partial charge in [-0.3, -0.25) is 15.0 Å². The Morgan fingerprint density at radius 2 is 2.12 bits per heavy atom. The molecule has 2 N–H and O–H groups in total. The molecule has 0 saturated carbocycles. The summed E-state index contributed by atoms with van der Waals surface area (Å²) in [7, 11) is 0. The number of H-pyrrole nitrogens is 1. The zero-order valence-corrected chi connectivity index (χ0v) is 27.6. The number of rotatable bonds is 5. The monoisotopic (exact) mass is 681 g/mol. The van der Waals surface area contributed by atoms with Crippen LogP contribution in [-0.2, 0) is 4.74 Å². The van der Waals surface area contributed by atoms with E-state index in [4.69, 9.17) is 30.8 Å². The minimum atomic E-state index is -1.12. The average molecular weight is 682 g/mol. The van der Waals surface area contributed by atoms with Crippen molar-refractivity contribution in [1.29, 1.82) is 0 Å². The van der Waals surface area contributed by atoms with Gasteiger partial charge in [-0.15, -0.1) is 17.8 Å². The molecule has 250 valence electrons. The summed E-state index contributed by atoms with van der Waals surface area (Å²) in [5, 5.41) is 22.2. The molecule has 2 aromatic carbocycles. The largest absolute Gasteiger partial charge is 0.461 e. The number of ether oxygens (including phenoxy) is 2. The third-order valence-electron chi connectivity index (χ3n) is 10.2. The molecule has 7 heterocycles. The van der Waals surface area contributed by atoms with E-state index < -0.39 is 17.6 Å². The van der Waals surface area contributed by atoms with Crippen molar-refractivity contribution in [3.8, 4) is 29.6 Å². The summed E-state index contributed by atoms with van der Waals surface area (Å²) in [5.74, 6) is 2.68. The maximum atomic E-state index is 15.2. The fraction of sp³-hybridized carbons (Fsp3) is 0.389. The van der Waals surface area contributed by atoms with Gasteiger partial charge in [-0.25, -0.2) is 8.78 Å². The second-order valence-corrected chi connectivity index (χ2v) is 14.7. The van der Waals surface area contributed by atoms with Crippen LogP contribution in [0, 0.1) is 18.2 Å². The molecular formula is C36H33F2N7O3S. The molecule has 0 radical (unpaired) electrons. The number of nitrogens with one attached hydrogen (secondary N) is 1. The van der Waals surface area contributed by atoms with Gasteiger partial charge in [-0.1, -0.05) is 12.0 Å². The Morgan fingerprint density at radius 3 is 3.00 bits per heavy atom. The van der Waals surface area contributed by atoms with E-state index in [9.17, 15) is 9.50 Å². The van der Waals surface area contributed by atoms with Crippen molar-refractivity contribution in [3.63, 3.8) is 0 Å². The summed E-state index contributed by atoms with van der Waals surface area (Å²) >= 11 is 1.43. The molecule has 3 aliphatic rings. The van der Waals surface area contributed by atoms with Crippen molar-refractivity contribution >= 4 is 59.1 Å². The quantitative estimate of drug-likeness (QED) is 0.225. The van der Waals surface area contributed by atoms with Gasteiger partial charge in [0, 0.05) is 47.4 Å². The lowest BCUT2D eigenvalue weighted by Gasteiger charge is -2.31. The molecule has 0 amide bonds. The highest BCUT2D eigenvalue weighted by Crippen LogP contribution is 2.47. The first-order valence-corrected chi connectivity index (χ1v) is 17.3. The van der Waals surface area contributed by atoms with Crippen molar-refractivity contribution in [2.45, 2.75) is 43.5 Å². The number of aliphatic hydroxyl groups is 1. The van der Waals surface area contributed by atoms with Crippen LogP contribution in [0.2, 0.25) is 0 Å². The predicted molar refractivity (Wildman–Crippen MR) is 185 cm³/mol. The van der Waals surface area contributed by atoms with Crippen molar-refractivity contribution in [3.05, 3.63) is 48.0 Å². The molecule has 9 rings (SSSR count). The smallest absolute Gasteiger partial charge is 0.319 e. The van der Waals surface area contributed by atoms with E-state index in [1.807, 2.05) is 17.0 Å².